The molecule has 1 N–H and O–H groups in total. The number of amides is 1. The molecular weight excluding hydrogens is 198 g/mol. The van der Waals surface area contributed by atoms with Gasteiger partial charge in [-0.3, -0.25) is 14.9 Å². The molecule has 1 aliphatic heterocycles. The minimum absolute atomic E-state index is 0.0329. The number of nitrogens with one attached hydrogen (secondary N) is 1. The van der Waals surface area contributed by atoms with Gasteiger partial charge in [-0.25, -0.2) is 0 Å². The van der Waals surface area contributed by atoms with Crippen LogP contribution in [0.15, 0.2) is 0 Å². The fraction of sp³-hybridized carbons (Fsp3) is 0.889. The minimum atomic E-state index is -0.338. The first-order valence-corrected chi connectivity index (χ1v) is 5.30. The summed E-state index contributed by atoms with van der Waals surface area (Å²) in [6.45, 7) is 3.18. The van der Waals surface area contributed by atoms with E-state index in [0.29, 0.717) is 19.3 Å². The highest BCUT2D eigenvalue weighted by Crippen LogP contribution is 2.02. The monoisotopic (exact) mass is 215 g/mol. The molecule has 15 heavy (non-hydrogen) atoms. The molecule has 0 aromatic heterocycles. The van der Waals surface area contributed by atoms with Gasteiger partial charge in [0.15, 0.2) is 0 Å². The van der Waals surface area contributed by atoms with E-state index in [-0.39, 0.29) is 17.4 Å². The van der Waals surface area contributed by atoms with Crippen LogP contribution in [0.4, 0.5) is 0 Å². The molecule has 0 aromatic carbocycles. The van der Waals surface area contributed by atoms with Gasteiger partial charge in [0.25, 0.3) is 0 Å². The molecule has 0 bridgehead atoms. The molecule has 0 spiro atoms. The molecule has 86 valence electrons. The number of hydrogen-bond acceptors (Lipinski definition) is 4. The zero-order valence-corrected chi connectivity index (χ0v) is 8.78. The average Bonchev–Trinajstić information content (AvgIpc) is 2.25. The summed E-state index contributed by atoms with van der Waals surface area (Å²) in [5.41, 5.74) is 0. The van der Waals surface area contributed by atoms with Gasteiger partial charge in [-0.15, -0.1) is 0 Å². The predicted octanol–water partition coefficient (Wildman–Crippen LogP) is -0.135. The number of carbonyl (C=O) groups excluding carboxylic acids is 1. The van der Waals surface area contributed by atoms with Gasteiger partial charge in [-0.1, -0.05) is 0 Å². The van der Waals surface area contributed by atoms with Crippen molar-refractivity contribution in [3.63, 3.8) is 0 Å². The normalized spacial score (nSPS) is 16.4. The van der Waals surface area contributed by atoms with Crippen molar-refractivity contribution in [3.8, 4) is 0 Å². The third-order valence-electron chi connectivity index (χ3n) is 2.45. The lowest BCUT2D eigenvalue weighted by atomic mass is 10.2. The Morgan fingerprint density at radius 3 is 2.60 bits per heavy atom. The molecule has 0 radical (unpaired) electrons. The summed E-state index contributed by atoms with van der Waals surface area (Å²) in [6, 6.07) is 0. The Balaban J connectivity index is 2.09. The molecule has 1 fully saturated rings. The van der Waals surface area contributed by atoms with Crippen LogP contribution in [-0.4, -0.2) is 48.5 Å². The van der Waals surface area contributed by atoms with Gasteiger partial charge < -0.3 is 10.2 Å². The maximum atomic E-state index is 11.6. The van der Waals surface area contributed by atoms with Crippen LogP contribution in [0.1, 0.15) is 19.3 Å². The molecule has 1 aliphatic rings. The van der Waals surface area contributed by atoms with Crippen LogP contribution in [0, 0.1) is 10.1 Å². The predicted molar refractivity (Wildman–Crippen MR) is 55.2 cm³/mol. The van der Waals surface area contributed by atoms with Gasteiger partial charge in [0.05, 0.1) is 0 Å². The molecule has 1 amide bonds. The largest absolute Gasteiger partial charge is 0.340 e. The smallest absolute Gasteiger partial charge is 0.222 e. The van der Waals surface area contributed by atoms with Crippen LogP contribution < -0.4 is 5.32 Å². The highest BCUT2D eigenvalue weighted by molar-refractivity contribution is 5.76. The lowest BCUT2D eigenvalue weighted by Crippen LogP contribution is -2.46. The number of nitro groups is 1. The lowest BCUT2D eigenvalue weighted by Gasteiger charge is -2.27. The topological polar surface area (TPSA) is 75.5 Å². The minimum Gasteiger partial charge on any atom is -0.340 e. The molecule has 0 aliphatic carbocycles. The van der Waals surface area contributed by atoms with E-state index >= 15 is 0 Å². The molecule has 0 aromatic rings. The summed E-state index contributed by atoms with van der Waals surface area (Å²) in [6.07, 6.45) is 1.54. The summed E-state index contributed by atoms with van der Waals surface area (Å²) < 4.78 is 0. The highest BCUT2D eigenvalue weighted by atomic mass is 16.6. The van der Waals surface area contributed by atoms with Crippen molar-refractivity contribution < 1.29 is 9.72 Å². The van der Waals surface area contributed by atoms with Gasteiger partial charge in [0.1, 0.15) is 0 Å². The molecule has 1 heterocycles. The Hall–Kier alpha value is -1.17. The van der Waals surface area contributed by atoms with Crippen molar-refractivity contribution in [1.82, 2.24) is 10.2 Å². The number of hydrogen-bond donors (Lipinski definition) is 1. The van der Waals surface area contributed by atoms with Crippen molar-refractivity contribution in [2.24, 2.45) is 0 Å². The third kappa shape index (κ3) is 4.73. The standard InChI is InChI=1S/C9H17N3O3/c13-9(3-1-2-6-12(14)15)11-7-4-10-5-8-11/h10H,1-8H2. The number of carbonyl (C=O) groups is 1. The first kappa shape index (κ1) is 11.9. The number of unbranched alkanes of at least 4 members (excludes halogenated alkanes) is 1. The first-order valence-electron chi connectivity index (χ1n) is 5.30. The highest BCUT2D eigenvalue weighted by Gasteiger charge is 2.15. The molecular formula is C9H17N3O3. The Kier molecular flexibility index (Phi) is 5.03. The van der Waals surface area contributed by atoms with Crippen LogP contribution in [0.5, 0.6) is 0 Å². The summed E-state index contributed by atoms with van der Waals surface area (Å²) in [7, 11) is 0. The third-order valence-corrected chi connectivity index (χ3v) is 2.45. The quantitative estimate of drug-likeness (QED) is 0.393. The summed E-state index contributed by atoms with van der Waals surface area (Å²) in [4.78, 5) is 23.1. The second-order valence-corrected chi connectivity index (χ2v) is 3.64. The SMILES string of the molecule is O=C(CCCC[N+](=O)[O-])N1CCNCC1. The maximum Gasteiger partial charge on any atom is 0.222 e. The summed E-state index contributed by atoms with van der Waals surface area (Å²) in [5, 5.41) is 13.2. The number of rotatable bonds is 5. The Morgan fingerprint density at radius 1 is 1.33 bits per heavy atom. The molecule has 1 rings (SSSR count). The van der Waals surface area contributed by atoms with Crippen LogP contribution in [0.2, 0.25) is 0 Å². The summed E-state index contributed by atoms with van der Waals surface area (Å²) >= 11 is 0. The Bertz CT molecular complexity index is 227. The molecule has 0 unspecified atom stereocenters. The van der Waals surface area contributed by atoms with Crippen LogP contribution >= 0.6 is 0 Å². The average molecular weight is 215 g/mol. The van der Waals surface area contributed by atoms with E-state index in [1.807, 2.05) is 4.90 Å². The van der Waals surface area contributed by atoms with E-state index < -0.39 is 0 Å². The van der Waals surface area contributed by atoms with E-state index in [4.69, 9.17) is 0 Å². The van der Waals surface area contributed by atoms with E-state index in [2.05, 4.69) is 5.32 Å². The Morgan fingerprint density at radius 2 is 2.00 bits per heavy atom. The lowest BCUT2D eigenvalue weighted by molar-refractivity contribution is -0.480. The van der Waals surface area contributed by atoms with Crippen molar-refractivity contribution in [1.29, 1.82) is 0 Å². The molecule has 6 nitrogen and oxygen atoms in total. The van der Waals surface area contributed by atoms with Crippen molar-refractivity contribution in [2.45, 2.75) is 19.3 Å². The maximum absolute atomic E-state index is 11.6. The molecule has 1 saturated heterocycles. The van der Waals surface area contributed by atoms with Crippen molar-refractivity contribution in [2.75, 3.05) is 32.7 Å². The van der Waals surface area contributed by atoms with E-state index in [1.54, 1.807) is 0 Å². The summed E-state index contributed by atoms with van der Waals surface area (Å²) in [5.74, 6) is 0.125. The number of nitrogens with zero attached hydrogens (tertiary/aromatic N) is 2. The van der Waals surface area contributed by atoms with E-state index in [1.165, 1.54) is 0 Å². The first-order chi connectivity index (χ1) is 7.20. The van der Waals surface area contributed by atoms with Gasteiger partial charge in [0.2, 0.25) is 12.5 Å². The fourth-order valence-corrected chi connectivity index (χ4v) is 1.59. The van der Waals surface area contributed by atoms with Crippen molar-refractivity contribution >= 4 is 5.91 Å². The van der Waals surface area contributed by atoms with Crippen LogP contribution in [-0.2, 0) is 4.79 Å². The second kappa shape index (κ2) is 6.34. The number of piperazine rings is 1. The van der Waals surface area contributed by atoms with Gasteiger partial charge in [-0.2, -0.15) is 0 Å². The fourth-order valence-electron chi connectivity index (χ4n) is 1.59. The molecule has 0 saturated carbocycles. The molecule has 0 atom stereocenters. The second-order valence-electron chi connectivity index (χ2n) is 3.64. The van der Waals surface area contributed by atoms with Gasteiger partial charge >= 0.3 is 0 Å². The zero-order valence-electron chi connectivity index (χ0n) is 8.78. The van der Waals surface area contributed by atoms with E-state index in [0.717, 1.165) is 26.2 Å². The van der Waals surface area contributed by atoms with Crippen LogP contribution in [0.25, 0.3) is 0 Å². The van der Waals surface area contributed by atoms with Gasteiger partial charge in [-0.05, 0) is 6.42 Å². The zero-order chi connectivity index (χ0) is 11.1. The van der Waals surface area contributed by atoms with Crippen LogP contribution in [0.3, 0.4) is 0 Å². The van der Waals surface area contributed by atoms with Crippen molar-refractivity contribution in [3.05, 3.63) is 10.1 Å². The van der Waals surface area contributed by atoms with E-state index in [9.17, 15) is 14.9 Å². The van der Waals surface area contributed by atoms with Gasteiger partial charge in [0, 0.05) is 43.9 Å². The molecule has 6 heteroatoms. The Labute approximate surface area is 88.8 Å².